The van der Waals surface area contributed by atoms with E-state index >= 15 is 0 Å². The Morgan fingerprint density at radius 2 is 2.27 bits per heavy atom. The summed E-state index contributed by atoms with van der Waals surface area (Å²) in [5.41, 5.74) is 1.41. The van der Waals surface area contributed by atoms with Crippen LogP contribution in [0.25, 0.3) is 10.9 Å². The van der Waals surface area contributed by atoms with E-state index in [1.54, 1.807) is 12.3 Å². The molecule has 0 bridgehead atoms. The second-order valence-electron chi connectivity index (χ2n) is 3.56. The molecule has 2 rings (SSSR count). The molecule has 0 radical (unpaired) electrons. The first kappa shape index (κ1) is 9.90. The Hall–Kier alpha value is -1.64. The Bertz CT molecular complexity index is 502. The molecule has 0 fully saturated rings. The number of aromatic nitrogens is 1. The SMILES string of the molecule is CCCn1cc(C=O)c2ccc(F)cc21. The fourth-order valence-electron chi connectivity index (χ4n) is 1.81. The van der Waals surface area contributed by atoms with Gasteiger partial charge in [0, 0.05) is 23.7 Å². The highest BCUT2D eigenvalue weighted by atomic mass is 19.1. The van der Waals surface area contributed by atoms with Crippen LogP contribution in [0.2, 0.25) is 0 Å². The summed E-state index contributed by atoms with van der Waals surface area (Å²) < 4.78 is 15.0. The van der Waals surface area contributed by atoms with Crippen LogP contribution < -0.4 is 0 Å². The van der Waals surface area contributed by atoms with E-state index in [-0.39, 0.29) is 5.82 Å². The maximum absolute atomic E-state index is 13.1. The molecule has 0 spiro atoms. The number of aryl methyl sites for hydroxylation is 1. The van der Waals surface area contributed by atoms with Gasteiger partial charge in [-0.15, -0.1) is 0 Å². The molecule has 0 atom stereocenters. The molecule has 2 aromatic rings. The van der Waals surface area contributed by atoms with Crippen LogP contribution >= 0.6 is 0 Å². The average Bonchev–Trinajstić information content (AvgIpc) is 2.57. The van der Waals surface area contributed by atoms with E-state index in [1.807, 2.05) is 11.5 Å². The van der Waals surface area contributed by atoms with Gasteiger partial charge in [-0.1, -0.05) is 6.92 Å². The van der Waals surface area contributed by atoms with E-state index in [1.165, 1.54) is 12.1 Å². The number of halogens is 1. The zero-order valence-electron chi connectivity index (χ0n) is 8.53. The second kappa shape index (κ2) is 3.85. The molecule has 0 N–H and O–H groups in total. The van der Waals surface area contributed by atoms with E-state index in [4.69, 9.17) is 0 Å². The van der Waals surface area contributed by atoms with Gasteiger partial charge in [0.15, 0.2) is 6.29 Å². The van der Waals surface area contributed by atoms with Gasteiger partial charge < -0.3 is 4.57 Å². The number of carbonyl (C=O) groups is 1. The molecule has 2 nitrogen and oxygen atoms in total. The highest BCUT2D eigenvalue weighted by Gasteiger charge is 2.07. The van der Waals surface area contributed by atoms with Crippen LogP contribution in [0.5, 0.6) is 0 Å². The second-order valence-corrected chi connectivity index (χ2v) is 3.56. The van der Waals surface area contributed by atoms with Crippen LogP contribution in [0.4, 0.5) is 4.39 Å². The van der Waals surface area contributed by atoms with Crippen molar-refractivity contribution in [1.29, 1.82) is 0 Å². The zero-order valence-corrected chi connectivity index (χ0v) is 8.53. The summed E-state index contributed by atoms with van der Waals surface area (Å²) in [6.45, 7) is 2.85. The molecule has 1 aromatic heterocycles. The summed E-state index contributed by atoms with van der Waals surface area (Å²) in [4.78, 5) is 10.8. The lowest BCUT2D eigenvalue weighted by atomic mass is 10.2. The minimum Gasteiger partial charge on any atom is -0.347 e. The standard InChI is InChI=1S/C12H12FNO/c1-2-5-14-7-9(8-15)11-4-3-10(13)6-12(11)14/h3-4,6-8H,2,5H2,1H3. The third-order valence-corrected chi connectivity index (χ3v) is 2.47. The minimum atomic E-state index is -0.268. The van der Waals surface area contributed by atoms with Crippen LogP contribution in [0, 0.1) is 5.82 Å². The van der Waals surface area contributed by atoms with Gasteiger partial charge in [-0.05, 0) is 24.6 Å². The predicted molar refractivity (Wildman–Crippen MR) is 57.6 cm³/mol. The van der Waals surface area contributed by atoms with Crippen LogP contribution in [0.15, 0.2) is 24.4 Å². The Balaban J connectivity index is 2.69. The Morgan fingerprint density at radius 1 is 1.47 bits per heavy atom. The highest BCUT2D eigenvalue weighted by Crippen LogP contribution is 2.21. The van der Waals surface area contributed by atoms with Crippen molar-refractivity contribution in [3.8, 4) is 0 Å². The van der Waals surface area contributed by atoms with E-state index in [0.717, 1.165) is 30.2 Å². The van der Waals surface area contributed by atoms with Gasteiger partial charge in [-0.3, -0.25) is 4.79 Å². The van der Waals surface area contributed by atoms with Crippen molar-refractivity contribution in [2.24, 2.45) is 0 Å². The fraction of sp³-hybridized carbons (Fsp3) is 0.250. The summed E-state index contributed by atoms with van der Waals surface area (Å²) in [7, 11) is 0. The molecular formula is C12H12FNO. The number of nitrogens with zero attached hydrogens (tertiary/aromatic N) is 1. The van der Waals surface area contributed by atoms with Crippen molar-refractivity contribution < 1.29 is 9.18 Å². The van der Waals surface area contributed by atoms with Crippen molar-refractivity contribution in [2.45, 2.75) is 19.9 Å². The van der Waals surface area contributed by atoms with Gasteiger partial charge in [-0.2, -0.15) is 0 Å². The molecule has 1 aromatic carbocycles. The third kappa shape index (κ3) is 1.65. The smallest absolute Gasteiger partial charge is 0.152 e. The fourth-order valence-corrected chi connectivity index (χ4v) is 1.81. The molecule has 0 aliphatic heterocycles. The van der Waals surface area contributed by atoms with Gasteiger partial charge >= 0.3 is 0 Å². The van der Waals surface area contributed by atoms with Gasteiger partial charge in [-0.25, -0.2) is 4.39 Å². The van der Waals surface area contributed by atoms with Crippen molar-refractivity contribution in [1.82, 2.24) is 4.57 Å². The van der Waals surface area contributed by atoms with Crippen LogP contribution in [-0.2, 0) is 6.54 Å². The minimum absolute atomic E-state index is 0.268. The van der Waals surface area contributed by atoms with Crippen molar-refractivity contribution in [3.05, 3.63) is 35.8 Å². The topological polar surface area (TPSA) is 22.0 Å². The first-order valence-corrected chi connectivity index (χ1v) is 5.00. The molecule has 15 heavy (non-hydrogen) atoms. The van der Waals surface area contributed by atoms with Gasteiger partial charge in [0.2, 0.25) is 0 Å². The molecule has 0 aliphatic rings. The molecule has 0 unspecified atom stereocenters. The zero-order chi connectivity index (χ0) is 10.8. The highest BCUT2D eigenvalue weighted by molar-refractivity contribution is 5.97. The number of hydrogen-bond donors (Lipinski definition) is 0. The molecule has 0 amide bonds. The van der Waals surface area contributed by atoms with E-state index in [0.29, 0.717) is 5.56 Å². The molecule has 1 heterocycles. The van der Waals surface area contributed by atoms with E-state index < -0.39 is 0 Å². The molecular weight excluding hydrogens is 193 g/mol. The molecule has 0 saturated heterocycles. The molecule has 78 valence electrons. The monoisotopic (exact) mass is 205 g/mol. The van der Waals surface area contributed by atoms with Crippen molar-refractivity contribution >= 4 is 17.2 Å². The quantitative estimate of drug-likeness (QED) is 0.706. The molecule has 3 heteroatoms. The third-order valence-electron chi connectivity index (χ3n) is 2.47. The van der Waals surface area contributed by atoms with E-state index in [9.17, 15) is 9.18 Å². The first-order valence-electron chi connectivity index (χ1n) is 5.00. The first-order chi connectivity index (χ1) is 7.26. The maximum atomic E-state index is 13.1. The van der Waals surface area contributed by atoms with E-state index in [2.05, 4.69) is 0 Å². The number of hydrogen-bond acceptors (Lipinski definition) is 1. The lowest BCUT2D eigenvalue weighted by molar-refractivity contribution is 0.112. The summed E-state index contributed by atoms with van der Waals surface area (Å²) >= 11 is 0. The van der Waals surface area contributed by atoms with Crippen LogP contribution in [-0.4, -0.2) is 10.9 Å². The summed E-state index contributed by atoms with van der Waals surface area (Å²) in [5, 5.41) is 0.819. The molecule has 0 aliphatic carbocycles. The Kier molecular flexibility index (Phi) is 2.54. The lowest BCUT2D eigenvalue weighted by Crippen LogP contribution is -1.93. The van der Waals surface area contributed by atoms with Crippen LogP contribution in [0.3, 0.4) is 0 Å². The Labute approximate surface area is 87.3 Å². The predicted octanol–water partition coefficient (Wildman–Crippen LogP) is 3.00. The summed E-state index contributed by atoms with van der Waals surface area (Å²) in [6, 6.07) is 4.50. The summed E-state index contributed by atoms with van der Waals surface area (Å²) in [5.74, 6) is -0.268. The van der Waals surface area contributed by atoms with Crippen molar-refractivity contribution in [2.75, 3.05) is 0 Å². The van der Waals surface area contributed by atoms with Crippen LogP contribution in [0.1, 0.15) is 23.7 Å². The number of rotatable bonds is 3. The van der Waals surface area contributed by atoms with Gasteiger partial charge in [0.05, 0.1) is 5.52 Å². The number of fused-ring (bicyclic) bond motifs is 1. The van der Waals surface area contributed by atoms with Gasteiger partial charge in [0.1, 0.15) is 5.82 Å². The summed E-state index contributed by atoms with van der Waals surface area (Å²) in [6.07, 6.45) is 3.55. The number of aldehydes is 1. The number of benzene rings is 1. The lowest BCUT2D eigenvalue weighted by Gasteiger charge is -2.01. The Morgan fingerprint density at radius 3 is 2.93 bits per heavy atom. The van der Waals surface area contributed by atoms with Gasteiger partial charge in [0.25, 0.3) is 0 Å². The number of carbonyl (C=O) groups excluding carboxylic acids is 1. The maximum Gasteiger partial charge on any atom is 0.152 e. The molecule has 0 saturated carbocycles. The normalized spacial score (nSPS) is 10.8. The largest absolute Gasteiger partial charge is 0.347 e. The van der Waals surface area contributed by atoms with Crippen molar-refractivity contribution in [3.63, 3.8) is 0 Å². The average molecular weight is 205 g/mol.